The lowest BCUT2D eigenvalue weighted by Crippen LogP contribution is -2.60. The van der Waals surface area contributed by atoms with Crippen molar-refractivity contribution in [2.45, 2.75) is 78.6 Å². The molecule has 1 rings (SSSR count). The van der Waals surface area contributed by atoms with E-state index < -0.39 is 33.1 Å². The van der Waals surface area contributed by atoms with Gasteiger partial charge < -0.3 is 13.1 Å². The standard InChI is InChI=1S/C20H41NO3Si4/c1-25(2,3)21(26(4,5)6)16-18(22)17-13-14-19(23-27(7,8)9)20(15-17)24-28(10,11)12/h13-15H,16H2,1-12H3. The van der Waals surface area contributed by atoms with Gasteiger partial charge in [-0.25, -0.2) is 0 Å². The average Bonchev–Trinajstić information content (AvgIpc) is 2.40. The highest BCUT2D eigenvalue weighted by Crippen LogP contribution is 2.33. The van der Waals surface area contributed by atoms with Crippen LogP contribution in [0.1, 0.15) is 10.4 Å². The lowest BCUT2D eigenvalue weighted by molar-refractivity contribution is 0.0979. The zero-order valence-electron chi connectivity index (χ0n) is 20.1. The van der Waals surface area contributed by atoms with Gasteiger partial charge in [0.15, 0.2) is 5.78 Å². The van der Waals surface area contributed by atoms with E-state index in [9.17, 15) is 4.79 Å². The first-order valence-corrected chi connectivity index (χ1v) is 23.8. The minimum atomic E-state index is -1.83. The smallest absolute Gasteiger partial charge is 0.242 e. The maximum atomic E-state index is 13.2. The number of hydrogen-bond acceptors (Lipinski definition) is 4. The van der Waals surface area contributed by atoms with Crippen LogP contribution >= 0.6 is 0 Å². The molecule has 0 unspecified atom stereocenters. The number of carbonyl (C=O) groups excluding carboxylic acids is 1. The molecule has 0 heterocycles. The van der Waals surface area contributed by atoms with Crippen molar-refractivity contribution in [2.24, 2.45) is 0 Å². The van der Waals surface area contributed by atoms with Crippen LogP contribution in [0.15, 0.2) is 18.2 Å². The second kappa shape index (κ2) is 8.59. The van der Waals surface area contributed by atoms with Crippen LogP contribution < -0.4 is 8.85 Å². The number of rotatable bonds is 9. The second-order valence-electron chi connectivity index (χ2n) is 11.4. The van der Waals surface area contributed by atoms with Gasteiger partial charge in [-0.2, -0.15) is 0 Å². The van der Waals surface area contributed by atoms with Crippen LogP contribution in [-0.2, 0) is 0 Å². The van der Waals surface area contributed by atoms with Gasteiger partial charge in [-0.05, 0) is 57.5 Å². The summed E-state index contributed by atoms with van der Waals surface area (Å²) in [4.78, 5) is 13.2. The van der Waals surface area contributed by atoms with Gasteiger partial charge in [-0.1, -0.05) is 39.3 Å². The molecule has 0 radical (unpaired) electrons. The van der Waals surface area contributed by atoms with E-state index in [0.717, 1.165) is 17.1 Å². The Kier molecular flexibility index (Phi) is 7.78. The van der Waals surface area contributed by atoms with Crippen LogP contribution in [0.5, 0.6) is 11.5 Å². The van der Waals surface area contributed by atoms with Gasteiger partial charge in [0.1, 0.15) is 28.0 Å². The van der Waals surface area contributed by atoms with Crippen LogP contribution in [0.4, 0.5) is 0 Å². The van der Waals surface area contributed by atoms with Crippen molar-refractivity contribution >= 4 is 38.9 Å². The van der Waals surface area contributed by atoms with Gasteiger partial charge in [0.2, 0.25) is 16.6 Å². The molecule has 1 aromatic rings. The zero-order valence-corrected chi connectivity index (χ0v) is 24.1. The molecule has 0 aliphatic heterocycles. The number of nitrogens with zero attached hydrogens (tertiary/aromatic N) is 1. The normalized spacial score (nSPS) is 13.6. The predicted octanol–water partition coefficient (Wildman–Crippen LogP) is 6.27. The predicted molar refractivity (Wildman–Crippen MR) is 132 cm³/mol. The quantitative estimate of drug-likeness (QED) is 0.325. The molecular formula is C20H41NO3Si4. The molecule has 4 nitrogen and oxygen atoms in total. The molecule has 8 heteroatoms. The maximum Gasteiger partial charge on any atom is 0.242 e. The van der Waals surface area contributed by atoms with Gasteiger partial charge in [0.25, 0.3) is 0 Å². The van der Waals surface area contributed by atoms with E-state index in [0.29, 0.717) is 6.54 Å². The molecule has 1 aromatic carbocycles. The first-order valence-electron chi connectivity index (χ1n) is 10.1. The molecule has 0 fully saturated rings. The van der Waals surface area contributed by atoms with E-state index >= 15 is 0 Å². The molecule has 0 saturated heterocycles. The summed E-state index contributed by atoms with van der Waals surface area (Å²) in [5, 5.41) is 0. The Hall–Kier alpha value is -0.682. The van der Waals surface area contributed by atoms with Gasteiger partial charge in [0, 0.05) is 12.1 Å². The van der Waals surface area contributed by atoms with Crippen molar-refractivity contribution in [3.05, 3.63) is 23.8 Å². The fourth-order valence-electron chi connectivity index (χ4n) is 3.22. The first kappa shape index (κ1) is 25.4. The van der Waals surface area contributed by atoms with Crippen LogP contribution in [0.3, 0.4) is 0 Å². The third-order valence-electron chi connectivity index (χ3n) is 4.02. The molecule has 160 valence electrons. The summed E-state index contributed by atoms with van der Waals surface area (Å²) in [5.41, 5.74) is 0.720. The number of Topliss-reactive ketones (excluding diaryl/α,β-unsaturated/α-hetero) is 1. The summed E-state index contributed by atoms with van der Waals surface area (Å²) in [5.74, 6) is 1.66. The number of ketones is 1. The van der Waals surface area contributed by atoms with Crippen LogP contribution in [-0.4, -0.2) is 49.7 Å². The summed E-state index contributed by atoms with van der Waals surface area (Å²) in [6.07, 6.45) is 0. The first-order chi connectivity index (χ1) is 12.3. The highest BCUT2D eigenvalue weighted by molar-refractivity contribution is 6.89. The van der Waals surface area contributed by atoms with Gasteiger partial charge in [-0.3, -0.25) is 4.79 Å². The zero-order chi connectivity index (χ0) is 22.1. The van der Waals surface area contributed by atoms with E-state index in [1.165, 1.54) is 0 Å². The van der Waals surface area contributed by atoms with Gasteiger partial charge in [0.05, 0.1) is 0 Å². The van der Waals surface area contributed by atoms with E-state index in [1.54, 1.807) is 0 Å². The fourth-order valence-corrected chi connectivity index (χ4v) is 14.2. The summed E-state index contributed by atoms with van der Waals surface area (Å²) in [7, 11) is -6.76. The molecule has 0 N–H and O–H groups in total. The SMILES string of the molecule is C[Si](C)(C)Oc1ccc(C(=O)CN([Si](C)(C)C)[Si](C)(C)C)cc1O[Si](C)(C)C. The molecule has 28 heavy (non-hydrogen) atoms. The van der Waals surface area contributed by atoms with Crippen LogP contribution in [0.2, 0.25) is 78.6 Å². The van der Waals surface area contributed by atoms with Crippen molar-refractivity contribution in [3.8, 4) is 11.5 Å². The molecular weight excluding hydrogens is 415 g/mol. The Bertz CT molecular complexity index is 681. The minimum Gasteiger partial charge on any atom is -0.542 e. The van der Waals surface area contributed by atoms with Gasteiger partial charge >= 0.3 is 0 Å². The molecule has 0 bridgehead atoms. The second-order valence-corrected chi connectivity index (χ2v) is 30.5. The summed E-state index contributed by atoms with van der Waals surface area (Å²) in [6, 6.07) is 5.73. The number of carbonyl (C=O) groups is 1. The monoisotopic (exact) mass is 455 g/mol. The Morgan fingerprint density at radius 2 is 1.18 bits per heavy atom. The van der Waals surface area contributed by atoms with Crippen molar-refractivity contribution < 1.29 is 13.6 Å². The molecule has 0 aliphatic rings. The maximum absolute atomic E-state index is 13.2. The summed E-state index contributed by atoms with van der Waals surface area (Å²) < 4.78 is 15.0. The fraction of sp³-hybridized carbons (Fsp3) is 0.650. The number of hydrogen-bond donors (Lipinski definition) is 0. The Morgan fingerprint density at radius 1 is 0.750 bits per heavy atom. The van der Waals surface area contributed by atoms with Gasteiger partial charge in [-0.15, -0.1) is 0 Å². The van der Waals surface area contributed by atoms with Crippen molar-refractivity contribution in [3.63, 3.8) is 0 Å². The summed E-state index contributed by atoms with van der Waals surface area (Å²) >= 11 is 0. The molecule has 0 amide bonds. The van der Waals surface area contributed by atoms with Crippen molar-refractivity contribution in [2.75, 3.05) is 6.54 Å². The third kappa shape index (κ3) is 8.36. The topological polar surface area (TPSA) is 38.8 Å². The van der Waals surface area contributed by atoms with E-state index in [4.69, 9.17) is 8.85 Å². The third-order valence-corrected chi connectivity index (χ3v) is 13.3. The molecule has 0 aliphatic carbocycles. The molecule has 0 atom stereocenters. The lowest BCUT2D eigenvalue weighted by Gasteiger charge is -2.43. The Balaban J connectivity index is 3.26. The highest BCUT2D eigenvalue weighted by Gasteiger charge is 2.36. The molecule has 0 aromatic heterocycles. The van der Waals surface area contributed by atoms with E-state index in [-0.39, 0.29) is 5.78 Å². The molecule has 0 spiro atoms. The van der Waals surface area contributed by atoms with Crippen LogP contribution in [0.25, 0.3) is 0 Å². The van der Waals surface area contributed by atoms with Crippen LogP contribution in [0, 0.1) is 0 Å². The Labute approximate surface area is 177 Å². The highest BCUT2D eigenvalue weighted by atomic mass is 28.4. The minimum absolute atomic E-state index is 0.171. The Morgan fingerprint density at radius 3 is 1.57 bits per heavy atom. The number of benzene rings is 1. The van der Waals surface area contributed by atoms with E-state index in [2.05, 4.69) is 82.8 Å². The average molecular weight is 456 g/mol. The summed E-state index contributed by atoms with van der Waals surface area (Å²) in [6.45, 7) is 27.4. The van der Waals surface area contributed by atoms with E-state index in [1.807, 2.05) is 18.2 Å². The van der Waals surface area contributed by atoms with Crippen molar-refractivity contribution in [1.82, 2.24) is 4.23 Å². The largest absolute Gasteiger partial charge is 0.542 e. The van der Waals surface area contributed by atoms with Crippen molar-refractivity contribution in [1.29, 1.82) is 0 Å². The molecule has 0 saturated carbocycles. The lowest BCUT2D eigenvalue weighted by atomic mass is 10.1.